The first-order valence-electron chi connectivity index (χ1n) is 7.24. The van der Waals surface area contributed by atoms with Crippen molar-refractivity contribution in [3.05, 3.63) is 36.5 Å². The summed E-state index contributed by atoms with van der Waals surface area (Å²) < 4.78 is 11.0. The summed E-state index contributed by atoms with van der Waals surface area (Å²) in [5, 5.41) is 7.26. The number of nitrogens with one attached hydrogen (secondary N) is 1. The first-order chi connectivity index (χ1) is 10.9. The van der Waals surface area contributed by atoms with Crippen LogP contribution in [-0.2, 0) is 11.3 Å². The molecule has 7 nitrogen and oxygen atoms in total. The minimum absolute atomic E-state index is 0.228. The highest BCUT2D eigenvalue weighted by molar-refractivity contribution is 5.79. The zero-order valence-electron chi connectivity index (χ0n) is 11.9. The first-order valence-corrected chi connectivity index (χ1v) is 7.24. The third kappa shape index (κ3) is 2.68. The maximum absolute atomic E-state index is 5.73. The van der Waals surface area contributed by atoms with Crippen molar-refractivity contribution in [2.45, 2.75) is 19.1 Å². The van der Waals surface area contributed by atoms with Crippen molar-refractivity contribution in [1.82, 2.24) is 25.4 Å². The molecule has 1 atom stereocenters. The van der Waals surface area contributed by atoms with E-state index < -0.39 is 0 Å². The van der Waals surface area contributed by atoms with Crippen LogP contribution in [0.25, 0.3) is 22.4 Å². The SMILES string of the molecule is c1cnc2cc(-c3noc(CO[C@H]4CCNC4)n3)ccc2n1. The molecule has 0 aliphatic carbocycles. The van der Waals surface area contributed by atoms with Gasteiger partial charge in [-0.3, -0.25) is 9.97 Å². The first kappa shape index (κ1) is 13.3. The average molecular weight is 297 g/mol. The minimum Gasteiger partial charge on any atom is -0.367 e. The fourth-order valence-corrected chi connectivity index (χ4v) is 2.49. The molecular weight excluding hydrogens is 282 g/mol. The second-order valence-electron chi connectivity index (χ2n) is 5.20. The zero-order valence-corrected chi connectivity index (χ0v) is 11.9. The quantitative estimate of drug-likeness (QED) is 0.782. The fraction of sp³-hybridized carbons (Fsp3) is 0.333. The number of aromatic nitrogens is 4. The topological polar surface area (TPSA) is 86.0 Å². The Morgan fingerprint density at radius 3 is 3.00 bits per heavy atom. The van der Waals surface area contributed by atoms with Crippen LogP contribution in [0.15, 0.2) is 35.1 Å². The van der Waals surface area contributed by atoms with Gasteiger partial charge in [0.05, 0.1) is 17.1 Å². The number of rotatable bonds is 4. The Labute approximate surface area is 126 Å². The van der Waals surface area contributed by atoms with E-state index in [2.05, 4.69) is 25.4 Å². The lowest BCUT2D eigenvalue weighted by Crippen LogP contribution is -2.16. The van der Waals surface area contributed by atoms with Crippen molar-refractivity contribution in [2.24, 2.45) is 0 Å². The van der Waals surface area contributed by atoms with Gasteiger partial charge < -0.3 is 14.6 Å². The van der Waals surface area contributed by atoms with Gasteiger partial charge in [-0.25, -0.2) is 0 Å². The summed E-state index contributed by atoms with van der Waals surface area (Å²) in [7, 11) is 0. The van der Waals surface area contributed by atoms with E-state index in [0.29, 0.717) is 18.3 Å². The Hall–Kier alpha value is -2.38. The van der Waals surface area contributed by atoms with Gasteiger partial charge in [0.2, 0.25) is 5.82 Å². The molecule has 1 fully saturated rings. The van der Waals surface area contributed by atoms with Crippen molar-refractivity contribution in [3.8, 4) is 11.4 Å². The number of hydrogen-bond donors (Lipinski definition) is 1. The molecule has 0 saturated carbocycles. The molecule has 0 amide bonds. The van der Waals surface area contributed by atoms with Crippen LogP contribution in [0.4, 0.5) is 0 Å². The molecule has 4 rings (SSSR count). The van der Waals surface area contributed by atoms with Gasteiger partial charge in [-0.05, 0) is 31.2 Å². The van der Waals surface area contributed by atoms with E-state index in [1.165, 1.54) is 0 Å². The predicted molar refractivity (Wildman–Crippen MR) is 78.9 cm³/mol. The number of benzene rings is 1. The lowest BCUT2D eigenvalue weighted by molar-refractivity contribution is 0.0383. The van der Waals surface area contributed by atoms with E-state index in [1.54, 1.807) is 12.4 Å². The van der Waals surface area contributed by atoms with Crippen LogP contribution in [-0.4, -0.2) is 39.3 Å². The van der Waals surface area contributed by atoms with Gasteiger partial charge in [-0.1, -0.05) is 5.16 Å². The largest absolute Gasteiger partial charge is 0.367 e. The van der Waals surface area contributed by atoms with E-state index in [1.807, 2.05) is 18.2 Å². The van der Waals surface area contributed by atoms with E-state index in [-0.39, 0.29) is 6.10 Å². The Morgan fingerprint density at radius 2 is 2.14 bits per heavy atom. The molecule has 22 heavy (non-hydrogen) atoms. The highest BCUT2D eigenvalue weighted by atomic mass is 16.5. The highest BCUT2D eigenvalue weighted by Crippen LogP contribution is 2.20. The van der Waals surface area contributed by atoms with Crippen molar-refractivity contribution >= 4 is 11.0 Å². The van der Waals surface area contributed by atoms with E-state index in [0.717, 1.165) is 36.1 Å². The van der Waals surface area contributed by atoms with Gasteiger partial charge in [0, 0.05) is 24.5 Å². The number of hydrogen-bond acceptors (Lipinski definition) is 7. The normalized spacial score (nSPS) is 18.1. The predicted octanol–water partition coefficient (Wildman–Crippen LogP) is 1.56. The Balaban J connectivity index is 1.51. The average Bonchev–Trinajstić information content (AvgIpc) is 3.24. The molecule has 3 heterocycles. The smallest absolute Gasteiger partial charge is 0.252 e. The molecule has 1 saturated heterocycles. The third-order valence-corrected chi connectivity index (χ3v) is 3.65. The van der Waals surface area contributed by atoms with Gasteiger partial charge in [-0.15, -0.1) is 0 Å². The van der Waals surface area contributed by atoms with E-state index in [9.17, 15) is 0 Å². The minimum atomic E-state index is 0.228. The van der Waals surface area contributed by atoms with Gasteiger partial charge in [0.1, 0.15) is 6.61 Å². The Kier molecular flexibility index (Phi) is 3.49. The van der Waals surface area contributed by atoms with Crippen molar-refractivity contribution in [2.75, 3.05) is 13.1 Å². The number of fused-ring (bicyclic) bond motifs is 1. The van der Waals surface area contributed by atoms with Gasteiger partial charge in [0.15, 0.2) is 0 Å². The molecule has 0 radical (unpaired) electrons. The zero-order chi connectivity index (χ0) is 14.8. The lowest BCUT2D eigenvalue weighted by Gasteiger charge is -2.06. The Morgan fingerprint density at radius 1 is 1.23 bits per heavy atom. The van der Waals surface area contributed by atoms with Crippen molar-refractivity contribution in [1.29, 1.82) is 0 Å². The summed E-state index contributed by atoms with van der Waals surface area (Å²) >= 11 is 0. The lowest BCUT2D eigenvalue weighted by atomic mass is 10.2. The summed E-state index contributed by atoms with van der Waals surface area (Å²) in [6, 6.07) is 5.71. The molecule has 1 N–H and O–H groups in total. The van der Waals surface area contributed by atoms with Gasteiger partial charge >= 0.3 is 0 Å². The van der Waals surface area contributed by atoms with Gasteiger partial charge in [-0.2, -0.15) is 4.98 Å². The summed E-state index contributed by atoms with van der Waals surface area (Å²) in [5.41, 5.74) is 2.50. The summed E-state index contributed by atoms with van der Waals surface area (Å²) in [4.78, 5) is 12.9. The van der Waals surface area contributed by atoms with Crippen LogP contribution in [0.2, 0.25) is 0 Å². The van der Waals surface area contributed by atoms with Crippen LogP contribution in [0.5, 0.6) is 0 Å². The second kappa shape index (κ2) is 5.78. The van der Waals surface area contributed by atoms with Crippen molar-refractivity contribution < 1.29 is 9.26 Å². The molecule has 0 spiro atoms. The monoisotopic (exact) mass is 297 g/mol. The summed E-state index contributed by atoms with van der Waals surface area (Å²) in [5.74, 6) is 1.02. The van der Waals surface area contributed by atoms with E-state index >= 15 is 0 Å². The van der Waals surface area contributed by atoms with Crippen LogP contribution in [0.3, 0.4) is 0 Å². The molecule has 2 aromatic heterocycles. The number of nitrogens with zero attached hydrogens (tertiary/aromatic N) is 4. The maximum atomic E-state index is 5.73. The van der Waals surface area contributed by atoms with Crippen molar-refractivity contribution in [3.63, 3.8) is 0 Å². The standard InChI is InChI=1S/C15H15N5O2/c1-2-12-13(18-6-5-17-12)7-10(1)15-19-14(22-20-15)9-21-11-3-4-16-8-11/h1-2,5-7,11,16H,3-4,8-9H2/t11-/m0/s1. The molecule has 112 valence electrons. The number of ether oxygens (including phenoxy) is 1. The molecule has 0 unspecified atom stereocenters. The molecule has 1 aliphatic rings. The molecule has 1 aromatic carbocycles. The maximum Gasteiger partial charge on any atom is 0.252 e. The third-order valence-electron chi connectivity index (χ3n) is 3.65. The summed E-state index contributed by atoms with van der Waals surface area (Å²) in [6.45, 7) is 2.22. The van der Waals surface area contributed by atoms with Gasteiger partial charge in [0.25, 0.3) is 5.89 Å². The molecule has 1 aliphatic heterocycles. The van der Waals surface area contributed by atoms with Crippen LogP contribution >= 0.6 is 0 Å². The molecule has 3 aromatic rings. The molecule has 0 bridgehead atoms. The van der Waals surface area contributed by atoms with Crippen LogP contribution in [0.1, 0.15) is 12.3 Å². The second-order valence-corrected chi connectivity index (χ2v) is 5.20. The Bertz CT molecular complexity index is 782. The summed E-state index contributed by atoms with van der Waals surface area (Å²) in [6.07, 6.45) is 4.58. The van der Waals surface area contributed by atoms with Crippen LogP contribution < -0.4 is 5.32 Å². The molecule has 7 heteroatoms. The van der Waals surface area contributed by atoms with E-state index in [4.69, 9.17) is 9.26 Å². The molecular formula is C15H15N5O2. The fourth-order valence-electron chi connectivity index (χ4n) is 2.49. The van der Waals surface area contributed by atoms with Crippen LogP contribution in [0, 0.1) is 0 Å². The highest BCUT2D eigenvalue weighted by Gasteiger charge is 2.17.